The van der Waals surface area contributed by atoms with E-state index in [0.717, 1.165) is 18.7 Å². The Labute approximate surface area is 124 Å². The number of aliphatic carboxylic acids is 1. The molecular formula is C15H21N3O3. The van der Waals surface area contributed by atoms with Gasteiger partial charge in [0.2, 0.25) is 0 Å². The van der Waals surface area contributed by atoms with Crippen molar-refractivity contribution in [1.29, 1.82) is 0 Å². The van der Waals surface area contributed by atoms with Crippen molar-refractivity contribution in [2.45, 2.75) is 38.6 Å². The van der Waals surface area contributed by atoms with Gasteiger partial charge in [-0.3, -0.25) is 9.59 Å². The lowest BCUT2D eigenvalue weighted by molar-refractivity contribution is -0.142. The van der Waals surface area contributed by atoms with Crippen LogP contribution in [0.4, 0.5) is 5.82 Å². The molecule has 21 heavy (non-hydrogen) atoms. The first kappa shape index (κ1) is 15.3. The second kappa shape index (κ2) is 7.06. The molecule has 0 saturated heterocycles. The van der Waals surface area contributed by atoms with E-state index in [1.54, 1.807) is 18.3 Å². The van der Waals surface area contributed by atoms with E-state index in [1.165, 1.54) is 0 Å². The highest BCUT2D eigenvalue weighted by Gasteiger charge is 2.25. The second-order valence-electron chi connectivity index (χ2n) is 5.32. The number of nitrogens with zero attached hydrogens (tertiary/aromatic N) is 1. The Morgan fingerprint density at radius 2 is 2.00 bits per heavy atom. The number of carboxylic acid groups (broad SMARTS) is 1. The lowest BCUT2D eigenvalue weighted by Crippen LogP contribution is -2.29. The third-order valence-corrected chi connectivity index (χ3v) is 3.79. The van der Waals surface area contributed by atoms with E-state index in [1.807, 2.05) is 6.92 Å². The van der Waals surface area contributed by atoms with Gasteiger partial charge in [-0.05, 0) is 44.7 Å². The number of hydrogen-bond acceptors (Lipinski definition) is 4. The third kappa shape index (κ3) is 4.18. The molecular weight excluding hydrogens is 270 g/mol. The standard InChI is InChI=1S/C15H21N3O3/c1-2-16-14(19)11-5-8-13(17-9-11)18-12-6-3-10(4-7-12)15(20)21/h5,8-10,12H,2-4,6-7H2,1H3,(H,16,19)(H,17,18)(H,20,21). The van der Waals surface area contributed by atoms with Gasteiger partial charge in [0, 0.05) is 18.8 Å². The molecule has 0 spiro atoms. The molecule has 114 valence electrons. The molecule has 1 heterocycles. The van der Waals surface area contributed by atoms with Crippen LogP contribution in [0.1, 0.15) is 43.0 Å². The molecule has 2 rings (SSSR count). The second-order valence-corrected chi connectivity index (χ2v) is 5.32. The van der Waals surface area contributed by atoms with E-state index in [9.17, 15) is 9.59 Å². The lowest BCUT2D eigenvalue weighted by Gasteiger charge is -2.27. The van der Waals surface area contributed by atoms with Gasteiger partial charge in [0.1, 0.15) is 5.82 Å². The van der Waals surface area contributed by atoms with Crippen molar-refractivity contribution in [3.8, 4) is 0 Å². The number of carbonyl (C=O) groups excluding carboxylic acids is 1. The minimum Gasteiger partial charge on any atom is -0.481 e. The van der Waals surface area contributed by atoms with E-state index in [0.29, 0.717) is 24.9 Å². The van der Waals surface area contributed by atoms with Crippen LogP contribution in [0.3, 0.4) is 0 Å². The minimum atomic E-state index is -0.696. The Bertz CT molecular complexity index is 493. The molecule has 0 aliphatic heterocycles. The smallest absolute Gasteiger partial charge is 0.306 e. The van der Waals surface area contributed by atoms with Gasteiger partial charge in [-0.2, -0.15) is 0 Å². The van der Waals surface area contributed by atoms with Crippen molar-refractivity contribution in [1.82, 2.24) is 10.3 Å². The van der Waals surface area contributed by atoms with Crippen molar-refractivity contribution in [2.75, 3.05) is 11.9 Å². The first-order valence-electron chi connectivity index (χ1n) is 7.33. The summed E-state index contributed by atoms with van der Waals surface area (Å²) in [7, 11) is 0. The van der Waals surface area contributed by atoms with E-state index in [2.05, 4.69) is 15.6 Å². The summed E-state index contributed by atoms with van der Waals surface area (Å²) < 4.78 is 0. The summed E-state index contributed by atoms with van der Waals surface area (Å²) in [5, 5.41) is 15.0. The highest BCUT2D eigenvalue weighted by Crippen LogP contribution is 2.26. The van der Waals surface area contributed by atoms with Crippen LogP contribution in [0.25, 0.3) is 0 Å². The van der Waals surface area contributed by atoms with Crippen molar-refractivity contribution < 1.29 is 14.7 Å². The predicted octanol–water partition coefficient (Wildman–Crippen LogP) is 1.89. The molecule has 3 N–H and O–H groups in total. The van der Waals surface area contributed by atoms with Gasteiger partial charge in [0.25, 0.3) is 5.91 Å². The number of carboxylic acids is 1. The summed E-state index contributed by atoms with van der Waals surface area (Å²) in [6, 6.07) is 3.78. The fourth-order valence-electron chi connectivity index (χ4n) is 2.57. The third-order valence-electron chi connectivity index (χ3n) is 3.79. The maximum absolute atomic E-state index is 11.6. The minimum absolute atomic E-state index is 0.126. The highest BCUT2D eigenvalue weighted by atomic mass is 16.4. The first-order valence-corrected chi connectivity index (χ1v) is 7.33. The summed E-state index contributed by atoms with van der Waals surface area (Å²) >= 11 is 0. The van der Waals surface area contributed by atoms with Crippen molar-refractivity contribution in [3.05, 3.63) is 23.9 Å². The number of pyridine rings is 1. The molecule has 1 aromatic heterocycles. The maximum Gasteiger partial charge on any atom is 0.306 e. The molecule has 0 unspecified atom stereocenters. The number of rotatable bonds is 5. The van der Waals surface area contributed by atoms with Crippen LogP contribution in [-0.2, 0) is 4.79 Å². The van der Waals surface area contributed by atoms with Crippen LogP contribution in [0.2, 0.25) is 0 Å². The molecule has 6 heteroatoms. The monoisotopic (exact) mass is 291 g/mol. The van der Waals surface area contributed by atoms with Gasteiger partial charge >= 0.3 is 5.97 Å². The molecule has 1 fully saturated rings. The van der Waals surface area contributed by atoms with E-state index >= 15 is 0 Å². The Morgan fingerprint density at radius 3 is 2.52 bits per heavy atom. The fourth-order valence-corrected chi connectivity index (χ4v) is 2.57. The first-order chi connectivity index (χ1) is 10.1. The summed E-state index contributed by atoms with van der Waals surface area (Å²) in [6.07, 6.45) is 4.61. The zero-order valence-corrected chi connectivity index (χ0v) is 12.1. The van der Waals surface area contributed by atoms with Crippen LogP contribution in [0.15, 0.2) is 18.3 Å². The average molecular weight is 291 g/mol. The van der Waals surface area contributed by atoms with Gasteiger partial charge in [-0.25, -0.2) is 4.98 Å². The SMILES string of the molecule is CCNC(=O)c1ccc(NC2CCC(C(=O)O)CC2)nc1. The molecule has 0 radical (unpaired) electrons. The fraction of sp³-hybridized carbons (Fsp3) is 0.533. The molecule has 6 nitrogen and oxygen atoms in total. The molecule has 1 saturated carbocycles. The molecule has 0 bridgehead atoms. The molecule has 0 aromatic carbocycles. The quantitative estimate of drug-likeness (QED) is 0.770. The number of nitrogens with one attached hydrogen (secondary N) is 2. The van der Waals surface area contributed by atoms with Crippen molar-refractivity contribution >= 4 is 17.7 Å². The number of amides is 1. The number of hydrogen-bond donors (Lipinski definition) is 3. The largest absolute Gasteiger partial charge is 0.481 e. The Hall–Kier alpha value is -2.11. The highest BCUT2D eigenvalue weighted by molar-refractivity contribution is 5.93. The Kier molecular flexibility index (Phi) is 5.14. The van der Waals surface area contributed by atoms with Crippen molar-refractivity contribution in [2.24, 2.45) is 5.92 Å². The molecule has 1 aliphatic rings. The number of carbonyl (C=O) groups is 2. The zero-order chi connectivity index (χ0) is 15.2. The van der Waals surface area contributed by atoms with Gasteiger partial charge < -0.3 is 15.7 Å². The van der Waals surface area contributed by atoms with Gasteiger partial charge in [0.05, 0.1) is 11.5 Å². The predicted molar refractivity (Wildman–Crippen MR) is 79.2 cm³/mol. The zero-order valence-electron chi connectivity index (χ0n) is 12.1. The number of anilines is 1. The van der Waals surface area contributed by atoms with Gasteiger partial charge in [-0.15, -0.1) is 0 Å². The molecule has 1 amide bonds. The van der Waals surface area contributed by atoms with E-state index in [-0.39, 0.29) is 17.9 Å². The lowest BCUT2D eigenvalue weighted by atomic mass is 9.86. The Balaban J connectivity index is 1.87. The van der Waals surface area contributed by atoms with Gasteiger partial charge in [-0.1, -0.05) is 0 Å². The van der Waals surface area contributed by atoms with Crippen LogP contribution in [0, 0.1) is 5.92 Å². The van der Waals surface area contributed by atoms with E-state index in [4.69, 9.17) is 5.11 Å². The summed E-state index contributed by atoms with van der Waals surface area (Å²) in [5.41, 5.74) is 0.539. The topological polar surface area (TPSA) is 91.3 Å². The van der Waals surface area contributed by atoms with Crippen LogP contribution >= 0.6 is 0 Å². The van der Waals surface area contributed by atoms with E-state index < -0.39 is 5.97 Å². The average Bonchev–Trinajstić information content (AvgIpc) is 2.49. The van der Waals surface area contributed by atoms with Crippen molar-refractivity contribution in [3.63, 3.8) is 0 Å². The summed E-state index contributed by atoms with van der Waals surface area (Å²) in [4.78, 5) is 26.8. The summed E-state index contributed by atoms with van der Waals surface area (Å²) in [5.74, 6) is -0.311. The molecule has 0 atom stereocenters. The van der Waals surface area contributed by atoms with Crippen LogP contribution in [-0.4, -0.2) is 34.6 Å². The normalized spacial score (nSPS) is 21.6. The molecule has 1 aliphatic carbocycles. The maximum atomic E-state index is 11.6. The molecule has 1 aromatic rings. The summed E-state index contributed by atoms with van der Waals surface area (Å²) in [6.45, 7) is 2.46. The van der Waals surface area contributed by atoms with Crippen LogP contribution in [0.5, 0.6) is 0 Å². The number of aromatic nitrogens is 1. The Morgan fingerprint density at radius 1 is 1.29 bits per heavy atom. The van der Waals surface area contributed by atoms with Gasteiger partial charge in [0.15, 0.2) is 0 Å². The van der Waals surface area contributed by atoms with Crippen LogP contribution < -0.4 is 10.6 Å².